The van der Waals surface area contributed by atoms with Gasteiger partial charge in [0.1, 0.15) is 0 Å². The van der Waals surface area contributed by atoms with E-state index in [9.17, 15) is 4.79 Å². The van der Waals surface area contributed by atoms with E-state index in [1.807, 2.05) is 30.0 Å². The Balaban J connectivity index is 1.82. The predicted octanol–water partition coefficient (Wildman–Crippen LogP) is 4.24. The number of ether oxygens (including phenoxy) is 1. The summed E-state index contributed by atoms with van der Waals surface area (Å²) < 4.78 is 4.94. The minimum atomic E-state index is 0.101. The van der Waals surface area contributed by atoms with Crippen molar-refractivity contribution in [1.29, 1.82) is 0 Å². The fraction of sp³-hybridized carbons (Fsp3) is 0.588. The Morgan fingerprint density at radius 1 is 1.35 bits per heavy atom. The van der Waals surface area contributed by atoms with Gasteiger partial charge in [0.25, 0.3) is 0 Å². The Bertz CT molecular complexity index is 501. The monoisotopic (exact) mass is 373 g/mol. The normalized spacial score (nSPS) is 21.1. The van der Waals surface area contributed by atoms with E-state index in [-0.39, 0.29) is 5.91 Å². The molecule has 0 radical (unpaired) electrons. The maximum absolute atomic E-state index is 11.9. The molecular weight excluding hydrogens is 350 g/mol. The summed E-state index contributed by atoms with van der Waals surface area (Å²) in [4.78, 5) is 13.1. The van der Waals surface area contributed by atoms with Gasteiger partial charge in [-0.15, -0.1) is 23.5 Å². The minimum Gasteiger partial charge on any atom is -0.383 e. The fourth-order valence-corrected chi connectivity index (χ4v) is 5.71. The van der Waals surface area contributed by atoms with Crippen LogP contribution in [-0.4, -0.2) is 42.4 Å². The lowest BCUT2D eigenvalue weighted by atomic mass is 10.00. The molecule has 0 heterocycles. The molecule has 1 N–H and O–H groups in total. The van der Waals surface area contributed by atoms with Crippen LogP contribution >= 0.6 is 35.1 Å². The Morgan fingerprint density at radius 2 is 2.13 bits per heavy atom. The molecular formula is C17H24ClNO2S2. The van der Waals surface area contributed by atoms with E-state index >= 15 is 0 Å². The number of thioether (sulfide) groups is 2. The first-order chi connectivity index (χ1) is 11.2. The quantitative estimate of drug-likeness (QED) is 0.692. The predicted molar refractivity (Wildman–Crippen MR) is 101 cm³/mol. The lowest BCUT2D eigenvalue weighted by molar-refractivity contribution is -0.118. The van der Waals surface area contributed by atoms with E-state index in [1.54, 1.807) is 18.9 Å². The van der Waals surface area contributed by atoms with Gasteiger partial charge in [0.2, 0.25) is 5.91 Å². The lowest BCUT2D eigenvalue weighted by Gasteiger charge is -2.30. The van der Waals surface area contributed by atoms with Gasteiger partial charge in [-0.1, -0.05) is 30.5 Å². The van der Waals surface area contributed by atoms with Crippen LogP contribution in [0.2, 0.25) is 5.02 Å². The number of halogens is 1. The van der Waals surface area contributed by atoms with Gasteiger partial charge in [-0.2, -0.15) is 0 Å². The van der Waals surface area contributed by atoms with E-state index in [2.05, 4.69) is 11.4 Å². The molecule has 0 aliphatic heterocycles. The third kappa shape index (κ3) is 6.96. The molecule has 0 aromatic heterocycles. The highest BCUT2D eigenvalue weighted by molar-refractivity contribution is 8.04. The van der Waals surface area contributed by atoms with Crippen LogP contribution < -0.4 is 5.32 Å². The van der Waals surface area contributed by atoms with Crippen molar-refractivity contribution in [2.24, 2.45) is 0 Å². The van der Waals surface area contributed by atoms with Crippen molar-refractivity contribution in [2.75, 3.05) is 26.0 Å². The maximum atomic E-state index is 11.9. The molecule has 1 aromatic rings. The van der Waals surface area contributed by atoms with E-state index in [1.165, 1.54) is 30.6 Å². The first kappa shape index (κ1) is 19.0. The van der Waals surface area contributed by atoms with Crippen LogP contribution in [0.4, 0.5) is 0 Å². The van der Waals surface area contributed by atoms with Gasteiger partial charge in [-0.3, -0.25) is 4.79 Å². The Hall–Kier alpha value is -0.360. The number of carbonyl (C=O) groups excluding carboxylic acids is 1. The van der Waals surface area contributed by atoms with Gasteiger partial charge in [-0.25, -0.2) is 0 Å². The molecule has 0 bridgehead atoms. The van der Waals surface area contributed by atoms with Crippen LogP contribution in [0.3, 0.4) is 0 Å². The topological polar surface area (TPSA) is 38.3 Å². The summed E-state index contributed by atoms with van der Waals surface area (Å²) in [5, 5.41) is 4.75. The number of hydrogen-bond acceptors (Lipinski definition) is 4. The smallest absolute Gasteiger partial charge is 0.230 e. The molecule has 1 fully saturated rings. The molecule has 3 nitrogen and oxygen atoms in total. The maximum Gasteiger partial charge on any atom is 0.230 e. The van der Waals surface area contributed by atoms with Crippen molar-refractivity contribution in [3.05, 3.63) is 29.3 Å². The lowest BCUT2D eigenvalue weighted by Crippen LogP contribution is -2.31. The Labute approximate surface area is 152 Å². The average Bonchev–Trinajstić information content (AvgIpc) is 2.54. The second-order valence-electron chi connectivity index (χ2n) is 5.59. The van der Waals surface area contributed by atoms with Gasteiger partial charge < -0.3 is 10.1 Å². The van der Waals surface area contributed by atoms with Crippen LogP contribution in [-0.2, 0) is 9.53 Å². The fourth-order valence-electron chi connectivity index (χ4n) is 2.63. The van der Waals surface area contributed by atoms with Crippen LogP contribution in [0, 0.1) is 0 Å². The van der Waals surface area contributed by atoms with Gasteiger partial charge in [0.05, 0.1) is 12.4 Å². The van der Waals surface area contributed by atoms with E-state index in [0.29, 0.717) is 29.4 Å². The van der Waals surface area contributed by atoms with Gasteiger partial charge in [-0.05, 0) is 31.0 Å². The molecule has 0 saturated heterocycles. The molecule has 1 amide bonds. The van der Waals surface area contributed by atoms with Crippen LogP contribution in [0.15, 0.2) is 29.2 Å². The zero-order valence-electron chi connectivity index (χ0n) is 13.4. The highest BCUT2D eigenvalue weighted by Crippen LogP contribution is 2.39. The molecule has 1 aromatic carbocycles. The molecule has 0 unspecified atom stereocenters. The first-order valence-corrected chi connectivity index (χ1v) is 10.3. The van der Waals surface area contributed by atoms with Gasteiger partial charge >= 0.3 is 0 Å². The third-order valence-corrected chi connectivity index (χ3v) is 7.00. The summed E-state index contributed by atoms with van der Waals surface area (Å²) >= 11 is 9.77. The molecule has 23 heavy (non-hydrogen) atoms. The van der Waals surface area contributed by atoms with Crippen LogP contribution in [0.25, 0.3) is 0 Å². The van der Waals surface area contributed by atoms with Crippen molar-refractivity contribution in [2.45, 2.75) is 41.1 Å². The SMILES string of the molecule is COCCNC(=O)CS[C@@H]1CCCC[C@H]1Sc1cccc(Cl)c1. The van der Waals surface area contributed by atoms with Gasteiger partial charge in [0.15, 0.2) is 0 Å². The van der Waals surface area contributed by atoms with Crippen molar-refractivity contribution >= 4 is 41.0 Å². The largest absolute Gasteiger partial charge is 0.383 e. The summed E-state index contributed by atoms with van der Waals surface area (Å²) in [6, 6.07) is 8.05. The average molecular weight is 374 g/mol. The molecule has 2 rings (SSSR count). The highest BCUT2D eigenvalue weighted by Gasteiger charge is 2.27. The molecule has 1 aliphatic carbocycles. The second kappa shape index (κ2) is 10.5. The Morgan fingerprint density at radius 3 is 2.87 bits per heavy atom. The summed E-state index contributed by atoms with van der Waals surface area (Å²) in [7, 11) is 1.64. The summed E-state index contributed by atoms with van der Waals surface area (Å²) in [5.74, 6) is 0.630. The molecule has 1 saturated carbocycles. The Kier molecular flexibility index (Phi) is 8.66. The summed E-state index contributed by atoms with van der Waals surface area (Å²) in [5.41, 5.74) is 0. The second-order valence-corrected chi connectivity index (χ2v) is 8.57. The highest BCUT2D eigenvalue weighted by atomic mass is 35.5. The van der Waals surface area contributed by atoms with E-state index in [0.717, 1.165) is 5.02 Å². The van der Waals surface area contributed by atoms with E-state index in [4.69, 9.17) is 16.3 Å². The zero-order chi connectivity index (χ0) is 16.5. The number of carbonyl (C=O) groups is 1. The number of nitrogens with one attached hydrogen (secondary N) is 1. The summed E-state index contributed by atoms with van der Waals surface area (Å²) in [6.07, 6.45) is 4.93. The van der Waals surface area contributed by atoms with Gasteiger partial charge in [0, 0.05) is 34.1 Å². The standard InChI is InChI=1S/C17H24ClNO2S2/c1-21-10-9-19-17(20)12-22-15-7-2-3-8-16(15)23-14-6-4-5-13(18)11-14/h4-6,11,15-16H,2-3,7-10,12H2,1H3,(H,19,20)/t15-,16-/m1/s1. The summed E-state index contributed by atoms with van der Waals surface area (Å²) in [6.45, 7) is 1.15. The van der Waals surface area contributed by atoms with Crippen LogP contribution in [0.5, 0.6) is 0 Å². The number of methoxy groups -OCH3 is 1. The van der Waals surface area contributed by atoms with E-state index < -0.39 is 0 Å². The number of amides is 1. The van der Waals surface area contributed by atoms with Crippen molar-refractivity contribution in [3.63, 3.8) is 0 Å². The number of hydrogen-bond donors (Lipinski definition) is 1. The minimum absolute atomic E-state index is 0.101. The van der Waals surface area contributed by atoms with Crippen molar-refractivity contribution in [3.8, 4) is 0 Å². The van der Waals surface area contributed by atoms with Crippen LogP contribution in [0.1, 0.15) is 25.7 Å². The van der Waals surface area contributed by atoms with Crippen molar-refractivity contribution in [1.82, 2.24) is 5.32 Å². The van der Waals surface area contributed by atoms with Crippen molar-refractivity contribution < 1.29 is 9.53 Å². The first-order valence-electron chi connectivity index (χ1n) is 7.98. The molecule has 6 heteroatoms. The molecule has 1 aliphatic rings. The molecule has 2 atom stereocenters. The third-order valence-electron chi connectivity index (χ3n) is 3.78. The number of benzene rings is 1. The molecule has 128 valence electrons. The molecule has 0 spiro atoms. The zero-order valence-corrected chi connectivity index (χ0v) is 15.8. The number of rotatable bonds is 8.